The van der Waals surface area contributed by atoms with Gasteiger partial charge in [0, 0.05) is 18.6 Å². The number of para-hydroxylation sites is 1. The molecule has 0 saturated heterocycles. The number of hydrogen-bond acceptors (Lipinski definition) is 4. The van der Waals surface area contributed by atoms with Crippen molar-refractivity contribution in [2.24, 2.45) is 5.73 Å². The number of ether oxygens (including phenoxy) is 1. The molecule has 0 aromatic heterocycles. The van der Waals surface area contributed by atoms with Gasteiger partial charge >= 0.3 is 0 Å². The van der Waals surface area contributed by atoms with E-state index < -0.39 is 10.0 Å². The van der Waals surface area contributed by atoms with Crippen LogP contribution in [0.15, 0.2) is 29.2 Å². The van der Waals surface area contributed by atoms with Gasteiger partial charge in [0.1, 0.15) is 10.6 Å². The lowest BCUT2D eigenvalue weighted by Gasteiger charge is -2.34. The second-order valence-electron chi connectivity index (χ2n) is 5.43. The van der Waals surface area contributed by atoms with Gasteiger partial charge in [0.25, 0.3) is 0 Å². The molecule has 1 aromatic carbocycles. The van der Waals surface area contributed by atoms with Gasteiger partial charge in [-0.1, -0.05) is 19.1 Å². The molecule has 2 N–H and O–H groups in total. The Balaban J connectivity index is 2.31. The maximum absolute atomic E-state index is 12.9. The van der Waals surface area contributed by atoms with Gasteiger partial charge in [-0.2, -0.15) is 4.31 Å². The highest BCUT2D eigenvalue weighted by Crippen LogP contribution is 2.31. The highest BCUT2D eigenvalue weighted by Gasteiger charge is 2.33. The van der Waals surface area contributed by atoms with E-state index in [-0.39, 0.29) is 17.0 Å². The summed E-state index contributed by atoms with van der Waals surface area (Å²) in [5, 5.41) is 0. The van der Waals surface area contributed by atoms with E-state index in [1.165, 1.54) is 7.11 Å². The maximum atomic E-state index is 12.9. The van der Waals surface area contributed by atoms with Crippen molar-refractivity contribution in [2.45, 2.75) is 49.6 Å². The topological polar surface area (TPSA) is 72.6 Å². The molecule has 118 valence electrons. The Bertz CT molecular complexity index is 566. The van der Waals surface area contributed by atoms with Crippen molar-refractivity contribution in [2.75, 3.05) is 13.7 Å². The molecule has 0 amide bonds. The molecule has 21 heavy (non-hydrogen) atoms. The average Bonchev–Trinajstić information content (AvgIpc) is 2.49. The molecular weight excluding hydrogens is 288 g/mol. The van der Waals surface area contributed by atoms with E-state index in [0.29, 0.717) is 12.3 Å². The summed E-state index contributed by atoms with van der Waals surface area (Å²) in [4.78, 5) is 0.240. The smallest absolute Gasteiger partial charge is 0.246 e. The molecule has 1 aliphatic rings. The fourth-order valence-corrected chi connectivity index (χ4v) is 4.82. The van der Waals surface area contributed by atoms with Crippen LogP contribution in [0.25, 0.3) is 0 Å². The third-order valence-electron chi connectivity index (χ3n) is 4.12. The van der Waals surface area contributed by atoms with E-state index in [1.54, 1.807) is 28.6 Å². The predicted octanol–water partition coefficient (Wildman–Crippen LogP) is 1.98. The van der Waals surface area contributed by atoms with Gasteiger partial charge in [0.15, 0.2) is 0 Å². The normalized spacial score (nSPS) is 23.2. The second-order valence-corrected chi connectivity index (χ2v) is 7.29. The van der Waals surface area contributed by atoms with Crippen molar-refractivity contribution in [3.63, 3.8) is 0 Å². The third kappa shape index (κ3) is 3.39. The first kappa shape index (κ1) is 16.3. The Morgan fingerprint density at radius 3 is 2.43 bits per heavy atom. The Morgan fingerprint density at radius 2 is 1.86 bits per heavy atom. The van der Waals surface area contributed by atoms with Gasteiger partial charge in [0.05, 0.1) is 7.11 Å². The average molecular weight is 312 g/mol. The van der Waals surface area contributed by atoms with Crippen LogP contribution in [0.1, 0.15) is 32.6 Å². The molecule has 2 rings (SSSR count). The lowest BCUT2D eigenvalue weighted by atomic mass is 9.92. The SMILES string of the molecule is CCN(C1CCC(N)CC1)S(=O)(=O)c1ccccc1OC. The summed E-state index contributed by atoms with van der Waals surface area (Å²) in [5.74, 6) is 0.392. The number of benzene rings is 1. The first-order valence-corrected chi connectivity index (χ1v) is 8.85. The second kappa shape index (κ2) is 6.77. The van der Waals surface area contributed by atoms with Crippen molar-refractivity contribution in [1.29, 1.82) is 0 Å². The van der Waals surface area contributed by atoms with Crippen molar-refractivity contribution in [3.05, 3.63) is 24.3 Å². The molecule has 0 spiro atoms. The summed E-state index contributed by atoms with van der Waals surface area (Å²) >= 11 is 0. The zero-order valence-electron chi connectivity index (χ0n) is 12.7. The summed E-state index contributed by atoms with van der Waals surface area (Å²) in [7, 11) is -2.05. The minimum atomic E-state index is -3.54. The molecule has 0 radical (unpaired) electrons. The Morgan fingerprint density at radius 1 is 1.24 bits per heavy atom. The van der Waals surface area contributed by atoms with E-state index in [4.69, 9.17) is 10.5 Å². The molecular formula is C15H24N2O3S. The minimum absolute atomic E-state index is 0.0321. The number of nitrogens with zero attached hydrogens (tertiary/aromatic N) is 1. The summed E-state index contributed by atoms with van der Waals surface area (Å²) in [6.07, 6.45) is 3.40. The fraction of sp³-hybridized carbons (Fsp3) is 0.600. The number of methoxy groups -OCH3 is 1. The van der Waals surface area contributed by atoms with Gasteiger partial charge in [-0.15, -0.1) is 0 Å². The number of nitrogens with two attached hydrogens (primary N) is 1. The Hall–Kier alpha value is -1.11. The highest BCUT2D eigenvalue weighted by molar-refractivity contribution is 7.89. The summed E-state index contributed by atoms with van der Waals surface area (Å²) in [6.45, 7) is 2.34. The third-order valence-corrected chi connectivity index (χ3v) is 6.18. The first-order valence-electron chi connectivity index (χ1n) is 7.41. The first-order chi connectivity index (χ1) is 10.0. The monoisotopic (exact) mass is 312 g/mol. The van der Waals surface area contributed by atoms with E-state index in [1.807, 2.05) is 6.92 Å². The number of sulfonamides is 1. The molecule has 5 nitrogen and oxygen atoms in total. The number of rotatable bonds is 5. The minimum Gasteiger partial charge on any atom is -0.495 e. The van der Waals surface area contributed by atoms with Gasteiger partial charge in [-0.05, 0) is 37.8 Å². The molecule has 0 aliphatic heterocycles. The maximum Gasteiger partial charge on any atom is 0.246 e. The van der Waals surface area contributed by atoms with Crippen LogP contribution < -0.4 is 10.5 Å². The summed E-state index contributed by atoms with van der Waals surface area (Å²) < 4.78 is 32.7. The van der Waals surface area contributed by atoms with Crippen LogP contribution in [0.2, 0.25) is 0 Å². The van der Waals surface area contributed by atoms with Crippen LogP contribution in [0, 0.1) is 0 Å². The molecule has 1 saturated carbocycles. The highest BCUT2D eigenvalue weighted by atomic mass is 32.2. The van der Waals surface area contributed by atoms with Gasteiger partial charge in [-0.25, -0.2) is 8.42 Å². The Kier molecular flexibility index (Phi) is 5.24. The van der Waals surface area contributed by atoms with Gasteiger partial charge < -0.3 is 10.5 Å². The molecule has 1 aliphatic carbocycles. The molecule has 1 aromatic rings. The summed E-state index contributed by atoms with van der Waals surface area (Å²) in [5.41, 5.74) is 5.92. The predicted molar refractivity (Wildman–Crippen MR) is 82.8 cm³/mol. The molecule has 0 unspecified atom stereocenters. The van der Waals surface area contributed by atoms with Crippen molar-refractivity contribution >= 4 is 10.0 Å². The largest absolute Gasteiger partial charge is 0.495 e. The van der Waals surface area contributed by atoms with Gasteiger partial charge in [-0.3, -0.25) is 0 Å². The fourth-order valence-electron chi connectivity index (χ4n) is 2.97. The van der Waals surface area contributed by atoms with Crippen LogP contribution in [-0.2, 0) is 10.0 Å². The standard InChI is InChI=1S/C15H24N2O3S/c1-3-17(13-10-8-12(16)9-11-13)21(18,19)15-7-5-4-6-14(15)20-2/h4-7,12-13H,3,8-11,16H2,1-2H3. The van der Waals surface area contributed by atoms with Crippen molar-refractivity contribution in [3.8, 4) is 5.75 Å². The van der Waals surface area contributed by atoms with Crippen molar-refractivity contribution < 1.29 is 13.2 Å². The van der Waals surface area contributed by atoms with E-state index in [0.717, 1.165) is 25.7 Å². The van der Waals surface area contributed by atoms with Crippen LogP contribution in [0.4, 0.5) is 0 Å². The van der Waals surface area contributed by atoms with E-state index in [9.17, 15) is 8.42 Å². The van der Waals surface area contributed by atoms with E-state index in [2.05, 4.69) is 0 Å². The van der Waals surface area contributed by atoms with Crippen LogP contribution in [0.3, 0.4) is 0 Å². The molecule has 0 atom stereocenters. The van der Waals surface area contributed by atoms with Crippen molar-refractivity contribution in [1.82, 2.24) is 4.31 Å². The molecule has 1 fully saturated rings. The number of hydrogen-bond donors (Lipinski definition) is 1. The zero-order chi connectivity index (χ0) is 15.5. The molecule has 6 heteroatoms. The summed E-state index contributed by atoms with van der Waals surface area (Å²) in [6, 6.07) is 7.01. The lowest BCUT2D eigenvalue weighted by molar-refractivity contribution is 0.246. The quantitative estimate of drug-likeness (QED) is 0.902. The van der Waals surface area contributed by atoms with Crippen LogP contribution >= 0.6 is 0 Å². The lowest BCUT2D eigenvalue weighted by Crippen LogP contribution is -2.44. The van der Waals surface area contributed by atoms with Crippen LogP contribution in [0.5, 0.6) is 5.75 Å². The van der Waals surface area contributed by atoms with Crippen LogP contribution in [-0.4, -0.2) is 38.5 Å². The van der Waals surface area contributed by atoms with Gasteiger partial charge in [0.2, 0.25) is 10.0 Å². The Labute approximate surface area is 127 Å². The van der Waals surface area contributed by atoms with E-state index >= 15 is 0 Å². The zero-order valence-corrected chi connectivity index (χ0v) is 13.5. The molecule has 0 bridgehead atoms. The molecule has 0 heterocycles.